The molecule has 2 aliphatic rings. The van der Waals surface area contributed by atoms with Crippen LogP contribution >= 0.6 is 11.6 Å². The van der Waals surface area contributed by atoms with Gasteiger partial charge in [0.15, 0.2) is 11.5 Å². The fourth-order valence-corrected chi connectivity index (χ4v) is 4.42. The Morgan fingerprint density at radius 1 is 1.15 bits per heavy atom. The Morgan fingerprint density at radius 2 is 2.00 bits per heavy atom. The Bertz CT molecular complexity index is 1030. The lowest BCUT2D eigenvalue weighted by Crippen LogP contribution is -2.50. The fraction of sp³-hybridized carbons (Fsp3) is 0.471. The number of benzene rings is 1. The highest BCUT2D eigenvalue weighted by molar-refractivity contribution is 6.32. The highest BCUT2D eigenvalue weighted by atomic mass is 35.5. The molecule has 2 fully saturated rings. The molecule has 3 aromatic rings. The Kier molecular flexibility index (Phi) is 3.74. The summed E-state index contributed by atoms with van der Waals surface area (Å²) >= 11 is 5.90. The standard InChI is InChI=1S/C17H16ClF3N6/c18-12-7-13-14(6-11(12)17(19,20)21)27-15(22-9-23-27)16(24-13)26-5-4-25-3-1-2-10(25)8-26/h6-7,9-10H,1-5,8H2. The second-order valence-corrected chi connectivity index (χ2v) is 7.43. The van der Waals surface area contributed by atoms with Crippen LogP contribution in [0.4, 0.5) is 19.0 Å². The van der Waals surface area contributed by atoms with Crippen LogP contribution in [-0.2, 0) is 6.18 Å². The molecule has 0 N–H and O–H groups in total. The molecule has 10 heteroatoms. The Balaban J connectivity index is 1.66. The van der Waals surface area contributed by atoms with E-state index in [2.05, 4.69) is 24.9 Å². The van der Waals surface area contributed by atoms with Gasteiger partial charge in [-0.1, -0.05) is 11.6 Å². The predicted octanol–water partition coefficient (Wildman–Crippen LogP) is 3.23. The van der Waals surface area contributed by atoms with Crippen LogP contribution in [0.2, 0.25) is 5.02 Å². The number of anilines is 1. The van der Waals surface area contributed by atoms with Crippen LogP contribution in [0.25, 0.3) is 16.7 Å². The molecule has 27 heavy (non-hydrogen) atoms. The molecule has 0 spiro atoms. The van der Waals surface area contributed by atoms with Gasteiger partial charge in [0.1, 0.15) is 6.33 Å². The van der Waals surface area contributed by atoms with E-state index in [0.717, 1.165) is 38.7 Å². The second kappa shape index (κ2) is 5.93. The minimum atomic E-state index is -4.55. The Labute approximate surface area is 157 Å². The van der Waals surface area contributed by atoms with Gasteiger partial charge in [0.05, 0.1) is 21.6 Å². The summed E-state index contributed by atoms with van der Waals surface area (Å²) in [6, 6.07) is 2.73. The Morgan fingerprint density at radius 3 is 2.81 bits per heavy atom. The molecule has 4 heterocycles. The zero-order valence-electron chi connectivity index (χ0n) is 14.2. The highest BCUT2D eigenvalue weighted by Crippen LogP contribution is 2.37. The summed E-state index contributed by atoms with van der Waals surface area (Å²) in [5, 5.41) is 3.77. The van der Waals surface area contributed by atoms with Crippen molar-refractivity contribution in [3.63, 3.8) is 0 Å². The Hall–Kier alpha value is -2.13. The maximum Gasteiger partial charge on any atom is 0.417 e. The molecule has 1 aromatic carbocycles. The zero-order valence-corrected chi connectivity index (χ0v) is 15.0. The number of piperazine rings is 1. The quantitative estimate of drug-likeness (QED) is 0.632. The van der Waals surface area contributed by atoms with Gasteiger partial charge in [-0.25, -0.2) is 14.5 Å². The van der Waals surface area contributed by atoms with Gasteiger partial charge in [0.25, 0.3) is 0 Å². The van der Waals surface area contributed by atoms with Crippen molar-refractivity contribution in [2.75, 3.05) is 31.1 Å². The molecule has 0 amide bonds. The third-order valence-electron chi connectivity index (χ3n) is 5.46. The van der Waals surface area contributed by atoms with Crippen molar-refractivity contribution in [1.29, 1.82) is 0 Å². The molecule has 6 nitrogen and oxygen atoms in total. The van der Waals surface area contributed by atoms with Crippen LogP contribution in [0.5, 0.6) is 0 Å². The lowest BCUT2D eigenvalue weighted by molar-refractivity contribution is -0.137. The van der Waals surface area contributed by atoms with Gasteiger partial charge in [-0.3, -0.25) is 4.90 Å². The predicted molar refractivity (Wildman–Crippen MR) is 95.1 cm³/mol. The van der Waals surface area contributed by atoms with Gasteiger partial charge < -0.3 is 4.90 Å². The molecule has 2 aliphatic heterocycles. The van der Waals surface area contributed by atoms with E-state index in [0.29, 0.717) is 23.0 Å². The third-order valence-corrected chi connectivity index (χ3v) is 5.77. The smallest absolute Gasteiger partial charge is 0.351 e. The average Bonchev–Trinajstić information content (AvgIpc) is 3.28. The molecule has 142 valence electrons. The van der Waals surface area contributed by atoms with E-state index >= 15 is 0 Å². The van der Waals surface area contributed by atoms with Crippen LogP contribution in [0.1, 0.15) is 18.4 Å². The number of hydrogen-bond donors (Lipinski definition) is 0. The van der Waals surface area contributed by atoms with Crippen molar-refractivity contribution in [2.24, 2.45) is 0 Å². The minimum absolute atomic E-state index is 0.238. The number of fused-ring (bicyclic) bond motifs is 4. The number of halogens is 4. The summed E-state index contributed by atoms with van der Waals surface area (Å²) in [4.78, 5) is 13.5. The van der Waals surface area contributed by atoms with E-state index in [9.17, 15) is 13.2 Å². The fourth-order valence-electron chi connectivity index (χ4n) is 4.16. The molecule has 1 unspecified atom stereocenters. The molecule has 2 saturated heterocycles. The lowest BCUT2D eigenvalue weighted by Gasteiger charge is -2.38. The minimum Gasteiger partial charge on any atom is -0.351 e. The van der Waals surface area contributed by atoms with E-state index < -0.39 is 11.7 Å². The largest absolute Gasteiger partial charge is 0.417 e. The molecule has 0 bridgehead atoms. The first kappa shape index (κ1) is 17.0. The van der Waals surface area contributed by atoms with Gasteiger partial charge in [0.2, 0.25) is 0 Å². The average molecular weight is 397 g/mol. The maximum absolute atomic E-state index is 13.2. The highest BCUT2D eigenvalue weighted by Gasteiger charge is 2.35. The van der Waals surface area contributed by atoms with Gasteiger partial charge in [-0.05, 0) is 31.5 Å². The van der Waals surface area contributed by atoms with Crippen LogP contribution < -0.4 is 4.90 Å². The summed E-state index contributed by atoms with van der Waals surface area (Å²) < 4.78 is 41.1. The van der Waals surface area contributed by atoms with Crippen molar-refractivity contribution in [1.82, 2.24) is 24.5 Å². The van der Waals surface area contributed by atoms with Crippen molar-refractivity contribution >= 4 is 34.1 Å². The molecule has 0 aliphatic carbocycles. The SMILES string of the molecule is FC(F)(F)c1cc2c(cc1Cl)nc(N1CCN3CCCC3C1)c1ncnn12. The number of hydrogen-bond acceptors (Lipinski definition) is 5. The van der Waals surface area contributed by atoms with E-state index in [1.165, 1.54) is 23.3 Å². The van der Waals surface area contributed by atoms with Gasteiger partial charge in [-0.2, -0.15) is 18.3 Å². The van der Waals surface area contributed by atoms with Gasteiger partial charge >= 0.3 is 6.18 Å². The van der Waals surface area contributed by atoms with E-state index in [-0.39, 0.29) is 10.5 Å². The van der Waals surface area contributed by atoms with Crippen LogP contribution in [0.15, 0.2) is 18.5 Å². The summed E-state index contributed by atoms with van der Waals surface area (Å²) in [7, 11) is 0. The number of rotatable bonds is 1. The summed E-state index contributed by atoms with van der Waals surface area (Å²) in [5.74, 6) is 0.641. The van der Waals surface area contributed by atoms with E-state index in [4.69, 9.17) is 11.6 Å². The number of aromatic nitrogens is 4. The topological polar surface area (TPSA) is 49.6 Å². The van der Waals surface area contributed by atoms with E-state index in [1.54, 1.807) is 0 Å². The third kappa shape index (κ3) is 2.71. The lowest BCUT2D eigenvalue weighted by atomic mass is 10.1. The second-order valence-electron chi connectivity index (χ2n) is 7.03. The number of alkyl halides is 3. The first-order chi connectivity index (χ1) is 12.9. The first-order valence-electron chi connectivity index (χ1n) is 8.81. The van der Waals surface area contributed by atoms with Crippen molar-refractivity contribution in [3.8, 4) is 0 Å². The van der Waals surface area contributed by atoms with Crippen LogP contribution in [0, 0.1) is 0 Å². The molecule has 2 aromatic heterocycles. The summed E-state index contributed by atoms with van der Waals surface area (Å²) in [5.41, 5.74) is 0.171. The monoisotopic (exact) mass is 396 g/mol. The van der Waals surface area contributed by atoms with Crippen molar-refractivity contribution < 1.29 is 13.2 Å². The van der Waals surface area contributed by atoms with Gasteiger partial charge in [0, 0.05) is 25.7 Å². The molecular formula is C17H16ClF3N6. The zero-order chi connectivity index (χ0) is 18.8. The molecule has 0 radical (unpaired) electrons. The first-order valence-corrected chi connectivity index (χ1v) is 9.19. The molecular weight excluding hydrogens is 381 g/mol. The van der Waals surface area contributed by atoms with Crippen LogP contribution in [-0.4, -0.2) is 56.7 Å². The molecule has 5 rings (SSSR count). The van der Waals surface area contributed by atoms with Crippen molar-refractivity contribution in [3.05, 3.63) is 29.0 Å². The number of nitrogens with zero attached hydrogens (tertiary/aromatic N) is 6. The molecule has 1 atom stereocenters. The van der Waals surface area contributed by atoms with E-state index in [1.807, 2.05) is 0 Å². The van der Waals surface area contributed by atoms with Gasteiger partial charge in [-0.15, -0.1) is 0 Å². The summed E-state index contributed by atoms with van der Waals surface area (Å²) in [6.07, 6.45) is -0.864. The maximum atomic E-state index is 13.2. The summed E-state index contributed by atoms with van der Waals surface area (Å²) in [6.45, 7) is 3.69. The van der Waals surface area contributed by atoms with Crippen LogP contribution in [0.3, 0.4) is 0 Å². The normalized spacial score (nSPS) is 21.3. The van der Waals surface area contributed by atoms with Crippen molar-refractivity contribution in [2.45, 2.75) is 25.1 Å². The molecule has 0 saturated carbocycles.